The molecule has 1 aliphatic carbocycles. The number of hydrogen-bond donors (Lipinski definition) is 2. The minimum atomic E-state index is -4.26. The zero-order chi connectivity index (χ0) is 30.6. The smallest absolute Gasteiger partial charge is 0.394 e. The highest BCUT2D eigenvalue weighted by Crippen LogP contribution is 2.60. The largest absolute Gasteiger partial charge is 0.473 e. The Labute approximate surface area is 247 Å². The van der Waals surface area contributed by atoms with Crippen LogP contribution < -0.4 is 14.8 Å². The van der Waals surface area contributed by atoms with Gasteiger partial charge in [-0.25, -0.2) is 18.1 Å². The minimum Gasteiger partial charge on any atom is -0.473 e. The number of carbonyl (C=O) groups is 1. The predicted molar refractivity (Wildman–Crippen MR) is 154 cm³/mol. The van der Waals surface area contributed by atoms with Crippen LogP contribution in [0.1, 0.15) is 36.8 Å². The summed E-state index contributed by atoms with van der Waals surface area (Å²) in [5, 5.41) is 2.78. The van der Waals surface area contributed by atoms with E-state index in [2.05, 4.69) is 20.0 Å². The molecule has 0 spiro atoms. The molecule has 2 fully saturated rings. The number of carbonyl (C=O) groups excluding carboxylic acids is 1. The monoisotopic (exact) mass is 615 g/mol. The van der Waals surface area contributed by atoms with Gasteiger partial charge in [-0.05, 0) is 75.4 Å². The first-order valence-electron chi connectivity index (χ1n) is 14.2. The van der Waals surface area contributed by atoms with E-state index in [1.165, 1.54) is 18.2 Å². The summed E-state index contributed by atoms with van der Waals surface area (Å²) in [5.41, 5.74) is 1.69. The van der Waals surface area contributed by atoms with Gasteiger partial charge in [-0.1, -0.05) is 24.3 Å². The molecule has 2 atom stereocenters. The fourth-order valence-electron chi connectivity index (χ4n) is 6.01. The second kappa shape index (κ2) is 10.8. The summed E-state index contributed by atoms with van der Waals surface area (Å²) in [7, 11) is -4.14. The van der Waals surface area contributed by atoms with Gasteiger partial charge >= 0.3 is 6.18 Å². The lowest BCUT2D eigenvalue weighted by Crippen LogP contribution is -2.49. The van der Waals surface area contributed by atoms with Crippen LogP contribution in [-0.4, -0.2) is 61.1 Å². The van der Waals surface area contributed by atoms with Crippen molar-refractivity contribution in [2.75, 3.05) is 29.7 Å². The molecular formula is C30H32F3N5O4S. The van der Waals surface area contributed by atoms with Crippen LogP contribution in [0.25, 0.3) is 11.3 Å². The van der Waals surface area contributed by atoms with E-state index >= 15 is 0 Å². The van der Waals surface area contributed by atoms with Gasteiger partial charge in [-0.2, -0.15) is 18.2 Å². The Bertz CT molecular complexity index is 1660. The van der Waals surface area contributed by atoms with Crippen LogP contribution in [0.3, 0.4) is 0 Å². The number of sulfonamides is 1. The van der Waals surface area contributed by atoms with Crippen molar-refractivity contribution < 1.29 is 31.1 Å². The molecule has 6 bridgehead atoms. The number of ether oxygens (including phenoxy) is 1. The molecule has 2 aliphatic heterocycles. The highest BCUT2D eigenvalue weighted by Gasteiger charge is 2.62. The summed E-state index contributed by atoms with van der Waals surface area (Å²) in [5.74, 6) is -1.07. The number of piperidine rings is 1. The van der Waals surface area contributed by atoms with Crippen LogP contribution in [0.4, 0.5) is 24.8 Å². The molecule has 1 saturated carbocycles. The summed E-state index contributed by atoms with van der Waals surface area (Å²) in [4.78, 5) is 24.1. The van der Waals surface area contributed by atoms with Crippen LogP contribution in [0.5, 0.6) is 5.88 Å². The molecule has 2 N–H and O–H groups in total. The number of hydrogen-bond acceptors (Lipinski definition) is 7. The number of amides is 1. The molecule has 9 nitrogen and oxygen atoms in total. The molecule has 3 aliphatic rings. The molecule has 228 valence electrons. The maximum atomic E-state index is 13.7. The molecule has 3 heterocycles. The Morgan fingerprint density at radius 1 is 1.05 bits per heavy atom. The maximum Gasteiger partial charge on any atom is 0.394 e. The highest BCUT2D eigenvalue weighted by atomic mass is 32.2. The van der Waals surface area contributed by atoms with Crippen molar-refractivity contribution in [1.82, 2.24) is 14.9 Å². The molecule has 0 unspecified atom stereocenters. The van der Waals surface area contributed by atoms with E-state index in [0.717, 1.165) is 16.7 Å². The number of benzene rings is 2. The van der Waals surface area contributed by atoms with Gasteiger partial charge in [0, 0.05) is 30.4 Å². The normalized spacial score (nSPS) is 22.9. The first-order chi connectivity index (χ1) is 20.3. The predicted octanol–water partition coefficient (Wildman–Crippen LogP) is 5.32. The fraction of sp³-hybridized carbons (Fsp3) is 0.433. The minimum absolute atomic E-state index is 0.0459. The van der Waals surface area contributed by atoms with Gasteiger partial charge in [0.1, 0.15) is 6.10 Å². The number of halogens is 3. The number of aryl methyl sites for hydroxylation is 2. The van der Waals surface area contributed by atoms with Gasteiger partial charge in [-0.15, -0.1) is 0 Å². The van der Waals surface area contributed by atoms with Crippen molar-refractivity contribution >= 4 is 27.6 Å². The van der Waals surface area contributed by atoms with Gasteiger partial charge in [0.2, 0.25) is 17.7 Å². The summed E-state index contributed by atoms with van der Waals surface area (Å²) in [6.07, 6.45) is -4.36. The van der Waals surface area contributed by atoms with Crippen LogP contribution in [0.2, 0.25) is 0 Å². The Hall–Kier alpha value is -3.71. The first kappa shape index (κ1) is 29.4. The Balaban J connectivity index is 1.39. The average Bonchev–Trinajstić information content (AvgIpc) is 3.73. The molecule has 3 aromatic rings. The molecule has 1 saturated heterocycles. The van der Waals surface area contributed by atoms with Crippen molar-refractivity contribution in [1.29, 1.82) is 0 Å². The van der Waals surface area contributed by atoms with E-state index in [1.54, 1.807) is 12.1 Å². The molecular weight excluding hydrogens is 583 g/mol. The zero-order valence-electron chi connectivity index (χ0n) is 23.7. The molecule has 1 aromatic heterocycles. The van der Waals surface area contributed by atoms with Gasteiger partial charge in [0.25, 0.3) is 10.0 Å². The number of aromatic nitrogens is 2. The molecule has 13 heteroatoms. The third-order valence-corrected chi connectivity index (χ3v) is 9.91. The Morgan fingerprint density at radius 2 is 1.77 bits per heavy atom. The lowest BCUT2D eigenvalue weighted by molar-refractivity contribution is -0.190. The molecule has 43 heavy (non-hydrogen) atoms. The second-order valence-corrected chi connectivity index (χ2v) is 13.4. The van der Waals surface area contributed by atoms with Crippen LogP contribution >= 0.6 is 0 Å². The highest BCUT2D eigenvalue weighted by molar-refractivity contribution is 7.92. The number of likely N-dealkylation sites (tertiary alicyclic amines) is 1. The van der Waals surface area contributed by atoms with Crippen LogP contribution in [-0.2, 0) is 14.8 Å². The lowest BCUT2D eigenvalue weighted by Gasteiger charge is -2.37. The second-order valence-electron chi connectivity index (χ2n) is 11.8. The van der Waals surface area contributed by atoms with Crippen molar-refractivity contribution in [3.8, 4) is 17.1 Å². The third-order valence-electron chi connectivity index (χ3n) is 8.58. The summed E-state index contributed by atoms with van der Waals surface area (Å²) in [6, 6.07) is 13.2. The maximum absolute atomic E-state index is 13.7. The van der Waals surface area contributed by atoms with Gasteiger partial charge in [0.05, 0.1) is 21.9 Å². The number of anilines is 2. The van der Waals surface area contributed by atoms with Gasteiger partial charge in [0.15, 0.2) is 0 Å². The van der Waals surface area contributed by atoms with Gasteiger partial charge in [-0.3, -0.25) is 9.69 Å². The summed E-state index contributed by atoms with van der Waals surface area (Å²) >= 11 is 0. The van der Waals surface area contributed by atoms with E-state index in [9.17, 15) is 26.4 Å². The van der Waals surface area contributed by atoms with E-state index in [-0.39, 0.29) is 67.2 Å². The SMILES string of the molecule is Cc1cccc(C)c1-c1cc2nc(n1)NS(=O)(=O)c1cccc(c1)NC(=O)[C@@H]1C[C@@H](CN(CCC3(C(F)(F)F)CC3)C1)O2. The van der Waals surface area contributed by atoms with Crippen molar-refractivity contribution in [3.63, 3.8) is 0 Å². The number of fused-ring (bicyclic) bond motifs is 6. The van der Waals surface area contributed by atoms with E-state index < -0.39 is 33.6 Å². The van der Waals surface area contributed by atoms with Crippen molar-refractivity contribution in [2.45, 2.75) is 56.7 Å². The summed E-state index contributed by atoms with van der Waals surface area (Å²) in [6.45, 7) is 4.55. The number of nitrogens with zero attached hydrogens (tertiary/aromatic N) is 3. The average molecular weight is 616 g/mol. The Kier molecular flexibility index (Phi) is 7.36. The molecule has 6 rings (SSSR count). The molecule has 1 amide bonds. The lowest BCUT2D eigenvalue weighted by atomic mass is 9.93. The molecule has 0 radical (unpaired) electrons. The first-order valence-corrected chi connectivity index (χ1v) is 15.7. The quantitative estimate of drug-likeness (QED) is 0.409. The summed E-state index contributed by atoms with van der Waals surface area (Å²) < 4.78 is 76.4. The van der Waals surface area contributed by atoms with E-state index in [0.29, 0.717) is 12.1 Å². The topological polar surface area (TPSA) is 114 Å². The third kappa shape index (κ3) is 6.05. The van der Waals surface area contributed by atoms with Crippen LogP contribution in [0.15, 0.2) is 53.4 Å². The van der Waals surface area contributed by atoms with E-state index in [1.807, 2.05) is 36.9 Å². The fourth-order valence-corrected chi connectivity index (χ4v) is 7.00. The van der Waals surface area contributed by atoms with Crippen molar-refractivity contribution in [3.05, 3.63) is 59.7 Å². The molecule has 2 aromatic carbocycles. The van der Waals surface area contributed by atoms with Crippen LogP contribution in [0, 0.1) is 25.2 Å². The van der Waals surface area contributed by atoms with Gasteiger partial charge < -0.3 is 10.1 Å². The zero-order valence-corrected chi connectivity index (χ0v) is 24.6. The van der Waals surface area contributed by atoms with E-state index in [4.69, 9.17) is 4.74 Å². The number of rotatable bonds is 4. The number of nitrogens with one attached hydrogen (secondary N) is 2. The van der Waals surface area contributed by atoms with Crippen molar-refractivity contribution in [2.24, 2.45) is 11.3 Å². The standard InChI is InChI=1S/C30H32F3N5O4S/c1-18-5-3-6-19(2)26(18)24-15-25-36-28(35-24)37-43(40,41)23-8-4-7-21(14-23)34-27(39)20-13-22(42-25)17-38(16-20)12-11-29(9-10-29)30(31,32)33/h3-8,14-15,20,22H,9-13,16-17H2,1-2H3,(H,34,39)(H,35,36,37)/t20-,22+/m1/s1. The Morgan fingerprint density at radius 3 is 2.47 bits per heavy atom. The number of alkyl halides is 3.